The van der Waals surface area contributed by atoms with Crippen LogP contribution in [0.2, 0.25) is 0 Å². The van der Waals surface area contributed by atoms with Crippen LogP contribution in [0.1, 0.15) is 28.8 Å². The predicted octanol–water partition coefficient (Wildman–Crippen LogP) is 2.79. The van der Waals surface area contributed by atoms with Gasteiger partial charge in [0.15, 0.2) is 5.13 Å². The Hall–Kier alpha value is -2.67. The van der Waals surface area contributed by atoms with E-state index in [0.29, 0.717) is 18.2 Å². The summed E-state index contributed by atoms with van der Waals surface area (Å²) in [5.41, 5.74) is 1.84. The largest absolute Gasteiger partial charge is 0.350 e. The van der Waals surface area contributed by atoms with Crippen molar-refractivity contribution in [2.24, 2.45) is 0 Å². The zero-order valence-electron chi connectivity index (χ0n) is 14.4. The van der Waals surface area contributed by atoms with Crippen LogP contribution < -0.4 is 10.2 Å². The lowest BCUT2D eigenvalue weighted by molar-refractivity contribution is 0.0951. The summed E-state index contributed by atoms with van der Waals surface area (Å²) in [6.45, 7) is 2.42. The second-order valence-electron chi connectivity index (χ2n) is 6.45. The number of imidazole rings is 1. The molecule has 1 aliphatic heterocycles. The Morgan fingerprint density at radius 2 is 2.15 bits per heavy atom. The highest BCUT2D eigenvalue weighted by molar-refractivity contribution is 7.13. The first-order valence-electron chi connectivity index (χ1n) is 8.78. The van der Waals surface area contributed by atoms with Crippen LogP contribution in [-0.4, -0.2) is 39.6 Å². The van der Waals surface area contributed by atoms with Gasteiger partial charge in [0.25, 0.3) is 5.91 Å². The first kappa shape index (κ1) is 16.8. The lowest BCUT2D eigenvalue weighted by atomic mass is 10.1. The van der Waals surface area contributed by atoms with E-state index in [0.717, 1.165) is 36.6 Å². The Kier molecular flexibility index (Phi) is 4.97. The minimum Gasteiger partial charge on any atom is -0.350 e. The van der Waals surface area contributed by atoms with Crippen molar-refractivity contribution >= 4 is 22.4 Å². The summed E-state index contributed by atoms with van der Waals surface area (Å²) in [5.74, 6) is -0.0230. The van der Waals surface area contributed by atoms with Crippen LogP contribution in [-0.2, 0) is 6.54 Å². The van der Waals surface area contributed by atoms with E-state index in [4.69, 9.17) is 0 Å². The number of aromatic nitrogens is 3. The van der Waals surface area contributed by atoms with Gasteiger partial charge in [-0.25, -0.2) is 9.97 Å². The Morgan fingerprint density at radius 3 is 2.88 bits per heavy atom. The number of anilines is 1. The summed E-state index contributed by atoms with van der Waals surface area (Å²) in [7, 11) is 0. The molecule has 1 saturated heterocycles. The zero-order valence-corrected chi connectivity index (χ0v) is 15.2. The average Bonchev–Trinajstić information content (AvgIpc) is 3.41. The van der Waals surface area contributed by atoms with Gasteiger partial charge in [0.2, 0.25) is 0 Å². The van der Waals surface area contributed by atoms with Gasteiger partial charge in [-0.15, -0.1) is 11.3 Å². The van der Waals surface area contributed by atoms with Gasteiger partial charge in [-0.3, -0.25) is 4.79 Å². The van der Waals surface area contributed by atoms with E-state index < -0.39 is 0 Å². The maximum Gasteiger partial charge on any atom is 0.251 e. The SMILES string of the molecule is O=C(NC[C@H]1CCCN1c1nccs1)c1ccc(Cn2ccnc2)cc1. The van der Waals surface area contributed by atoms with Crippen molar-refractivity contribution in [3.8, 4) is 0 Å². The molecule has 0 radical (unpaired) electrons. The van der Waals surface area contributed by atoms with Gasteiger partial charge in [-0.1, -0.05) is 12.1 Å². The molecule has 0 aliphatic carbocycles. The second kappa shape index (κ2) is 7.70. The van der Waals surface area contributed by atoms with Crippen molar-refractivity contribution in [2.45, 2.75) is 25.4 Å². The molecule has 1 atom stereocenters. The van der Waals surface area contributed by atoms with E-state index in [1.807, 2.05) is 46.6 Å². The molecular weight excluding hydrogens is 346 g/mol. The van der Waals surface area contributed by atoms with Crippen LogP contribution in [0, 0.1) is 0 Å². The lowest BCUT2D eigenvalue weighted by Gasteiger charge is -2.24. The van der Waals surface area contributed by atoms with Gasteiger partial charge in [0.1, 0.15) is 0 Å². The minimum atomic E-state index is -0.0230. The van der Waals surface area contributed by atoms with Gasteiger partial charge in [0, 0.05) is 55.2 Å². The van der Waals surface area contributed by atoms with Gasteiger partial charge >= 0.3 is 0 Å². The number of rotatable bonds is 6. The fourth-order valence-corrected chi connectivity index (χ4v) is 4.06. The van der Waals surface area contributed by atoms with Crippen LogP contribution in [0.25, 0.3) is 0 Å². The third kappa shape index (κ3) is 3.77. The van der Waals surface area contributed by atoms with Crippen LogP contribution in [0.3, 0.4) is 0 Å². The number of nitrogens with zero attached hydrogens (tertiary/aromatic N) is 4. The number of carbonyl (C=O) groups is 1. The van der Waals surface area contributed by atoms with E-state index in [-0.39, 0.29) is 5.91 Å². The molecule has 1 amide bonds. The highest BCUT2D eigenvalue weighted by Gasteiger charge is 2.26. The van der Waals surface area contributed by atoms with E-state index in [1.165, 1.54) is 0 Å². The molecular formula is C19H21N5OS. The van der Waals surface area contributed by atoms with Gasteiger partial charge < -0.3 is 14.8 Å². The quantitative estimate of drug-likeness (QED) is 0.728. The predicted molar refractivity (Wildman–Crippen MR) is 103 cm³/mol. The number of hydrogen-bond acceptors (Lipinski definition) is 5. The highest BCUT2D eigenvalue weighted by atomic mass is 32.1. The molecule has 0 spiro atoms. The van der Waals surface area contributed by atoms with Gasteiger partial charge in [-0.2, -0.15) is 0 Å². The first-order valence-corrected chi connectivity index (χ1v) is 9.66. The van der Waals surface area contributed by atoms with E-state index >= 15 is 0 Å². The summed E-state index contributed by atoms with van der Waals surface area (Å²) in [5, 5.41) is 6.12. The molecule has 1 aliphatic rings. The standard InChI is InChI=1S/C19H21N5OS/c25-18(16-5-3-15(4-6-16)13-23-10-7-20-14-23)22-12-17-2-1-9-24(17)19-21-8-11-26-19/h3-8,10-11,14,17H,1-2,9,12-13H2,(H,22,25)/t17-/m1/s1. The zero-order chi connectivity index (χ0) is 17.8. The van der Waals surface area contributed by atoms with Crippen molar-refractivity contribution in [2.75, 3.05) is 18.0 Å². The molecule has 134 valence electrons. The number of nitrogens with one attached hydrogen (secondary N) is 1. The Bertz CT molecular complexity index is 829. The molecule has 1 aromatic carbocycles. The van der Waals surface area contributed by atoms with Crippen LogP contribution in [0.15, 0.2) is 54.6 Å². The highest BCUT2D eigenvalue weighted by Crippen LogP contribution is 2.26. The van der Waals surface area contributed by atoms with E-state index in [1.54, 1.807) is 23.9 Å². The van der Waals surface area contributed by atoms with Gasteiger partial charge in [-0.05, 0) is 30.5 Å². The van der Waals surface area contributed by atoms with Crippen molar-refractivity contribution in [3.63, 3.8) is 0 Å². The summed E-state index contributed by atoms with van der Waals surface area (Å²) in [4.78, 5) is 23.2. The lowest BCUT2D eigenvalue weighted by Crippen LogP contribution is -2.40. The molecule has 3 aromatic rings. The van der Waals surface area contributed by atoms with E-state index in [9.17, 15) is 4.79 Å². The first-order chi connectivity index (χ1) is 12.8. The molecule has 0 bridgehead atoms. The van der Waals surface area contributed by atoms with Crippen LogP contribution in [0.4, 0.5) is 5.13 Å². The molecule has 2 aromatic heterocycles. The summed E-state index contributed by atoms with van der Waals surface area (Å²) in [6.07, 6.45) is 9.54. The molecule has 1 fully saturated rings. The fourth-order valence-electron chi connectivity index (χ4n) is 3.32. The van der Waals surface area contributed by atoms with Crippen molar-refractivity contribution in [1.29, 1.82) is 0 Å². The third-order valence-electron chi connectivity index (χ3n) is 4.68. The molecule has 0 saturated carbocycles. The number of thiazole rings is 1. The number of amides is 1. The molecule has 1 N–H and O–H groups in total. The molecule has 4 rings (SSSR count). The van der Waals surface area contributed by atoms with E-state index in [2.05, 4.69) is 20.2 Å². The van der Waals surface area contributed by atoms with Crippen LogP contribution >= 0.6 is 11.3 Å². The number of benzene rings is 1. The summed E-state index contributed by atoms with van der Waals surface area (Å²) >= 11 is 1.65. The van der Waals surface area contributed by atoms with Crippen molar-refractivity contribution in [1.82, 2.24) is 19.9 Å². The minimum absolute atomic E-state index is 0.0230. The average molecular weight is 367 g/mol. The molecule has 26 heavy (non-hydrogen) atoms. The fraction of sp³-hybridized carbons (Fsp3) is 0.316. The molecule has 7 heteroatoms. The smallest absolute Gasteiger partial charge is 0.251 e. The molecule has 6 nitrogen and oxygen atoms in total. The monoisotopic (exact) mass is 367 g/mol. The summed E-state index contributed by atoms with van der Waals surface area (Å²) < 4.78 is 2.00. The Balaban J connectivity index is 1.33. The van der Waals surface area contributed by atoms with Crippen LogP contribution in [0.5, 0.6) is 0 Å². The maximum absolute atomic E-state index is 12.5. The third-order valence-corrected chi connectivity index (χ3v) is 5.49. The van der Waals surface area contributed by atoms with Crippen molar-refractivity contribution in [3.05, 3.63) is 65.7 Å². The molecule has 0 unspecified atom stereocenters. The normalized spacial score (nSPS) is 16.8. The Morgan fingerprint density at radius 1 is 1.27 bits per heavy atom. The number of hydrogen-bond donors (Lipinski definition) is 1. The summed E-state index contributed by atoms with van der Waals surface area (Å²) in [6, 6.07) is 8.08. The van der Waals surface area contributed by atoms with Crippen molar-refractivity contribution < 1.29 is 4.79 Å². The maximum atomic E-state index is 12.5. The van der Waals surface area contributed by atoms with Gasteiger partial charge in [0.05, 0.1) is 6.33 Å². The molecule has 3 heterocycles. The second-order valence-corrected chi connectivity index (χ2v) is 7.32. The topological polar surface area (TPSA) is 63.1 Å². The number of carbonyl (C=O) groups excluding carboxylic acids is 1. The Labute approximate surface area is 156 Å².